The van der Waals surface area contributed by atoms with Gasteiger partial charge in [0.05, 0.1) is 5.39 Å². The van der Waals surface area contributed by atoms with Gasteiger partial charge < -0.3 is 9.52 Å². The number of hydrogen-bond acceptors (Lipinski definition) is 3. The fourth-order valence-electron chi connectivity index (χ4n) is 2.22. The van der Waals surface area contributed by atoms with Gasteiger partial charge in [-0.2, -0.15) is 0 Å². The second-order valence-electron chi connectivity index (χ2n) is 4.59. The summed E-state index contributed by atoms with van der Waals surface area (Å²) in [7, 11) is 0. The minimum absolute atomic E-state index is 0.0838. The third-order valence-electron chi connectivity index (χ3n) is 3.14. The van der Waals surface area contributed by atoms with Crippen molar-refractivity contribution in [3.05, 3.63) is 69.9 Å². The lowest BCUT2D eigenvalue weighted by Gasteiger charge is -2.07. The van der Waals surface area contributed by atoms with Gasteiger partial charge in [-0.05, 0) is 24.3 Å². The molecule has 1 N–H and O–H groups in total. The van der Waals surface area contributed by atoms with Crippen molar-refractivity contribution in [1.29, 1.82) is 0 Å². The van der Waals surface area contributed by atoms with Crippen LogP contribution in [0.15, 0.2) is 51.7 Å². The third-order valence-corrected chi connectivity index (χ3v) is 3.14. The number of carboxylic acid groups (broad SMARTS) is 1. The SMILES string of the molecule is O=C(O)c1c(-c2cc(F)cc(F)c2)oc2ccccc2c1=O. The van der Waals surface area contributed by atoms with E-state index in [-0.39, 0.29) is 22.3 Å². The van der Waals surface area contributed by atoms with Gasteiger partial charge in [-0.1, -0.05) is 12.1 Å². The van der Waals surface area contributed by atoms with Crippen molar-refractivity contribution in [3.63, 3.8) is 0 Å². The number of carbonyl (C=O) groups is 1. The molecule has 0 aliphatic heterocycles. The van der Waals surface area contributed by atoms with Crippen LogP contribution in [0.1, 0.15) is 10.4 Å². The number of halogens is 2. The van der Waals surface area contributed by atoms with E-state index in [9.17, 15) is 23.5 Å². The van der Waals surface area contributed by atoms with Crippen LogP contribution in [0.2, 0.25) is 0 Å². The summed E-state index contributed by atoms with van der Waals surface area (Å²) in [5.74, 6) is -3.71. The first-order valence-corrected chi connectivity index (χ1v) is 6.23. The Hall–Kier alpha value is -3.02. The average Bonchev–Trinajstić information content (AvgIpc) is 2.45. The Morgan fingerprint density at radius 2 is 1.68 bits per heavy atom. The molecule has 6 heteroatoms. The molecule has 0 saturated heterocycles. The van der Waals surface area contributed by atoms with Crippen LogP contribution in [0.5, 0.6) is 0 Å². The summed E-state index contributed by atoms with van der Waals surface area (Å²) in [4.78, 5) is 23.7. The molecule has 1 aromatic heterocycles. The Balaban J connectivity index is 2.44. The van der Waals surface area contributed by atoms with Crippen LogP contribution in [-0.2, 0) is 0 Å². The predicted molar refractivity (Wildman–Crippen MR) is 74.8 cm³/mol. The van der Waals surface area contributed by atoms with E-state index >= 15 is 0 Å². The predicted octanol–water partition coefficient (Wildman–Crippen LogP) is 3.44. The van der Waals surface area contributed by atoms with E-state index in [1.165, 1.54) is 12.1 Å². The molecule has 0 bridgehead atoms. The monoisotopic (exact) mass is 302 g/mol. The highest BCUT2D eigenvalue weighted by Gasteiger charge is 2.22. The van der Waals surface area contributed by atoms with Crippen LogP contribution in [0.4, 0.5) is 8.78 Å². The highest BCUT2D eigenvalue weighted by molar-refractivity contribution is 5.97. The fourth-order valence-corrected chi connectivity index (χ4v) is 2.22. The second kappa shape index (κ2) is 5.07. The molecule has 0 atom stereocenters. The van der Waals surface area contributed by atoms with Crippen molar-refractivity contribution in [2.75, 3.05) is 0 Å². The first-order valence-electron chi connectivity index (χ1n) is 6.23. The van der Waals surface area contributed by atoms with E-state index in [1.54, 1.807) is 12.1 Å². The zero-order valence-corrected chi connectivity index (χ0v) is 11.0. The minimum Gasteiger partial charge on any atom is -0.477 e. The summed E-state index contributed by atoms with van der Waals surface area (Å²) < 4.78 is 32.1. The molecule has 0 spiro atoms. The van der Waals surface area contributed by atoms with Crippen LogP contribution in [0, 0.1) is 11.6 Å². The van der Waals surface area contributed by atoms with Gasteiger partial charge in [0.25, 0.3) is 0 Å². The standard InChI is InChI=1S/C16H8F2O4/c17-9-5-8(6-10(18)7-9)15-13(16(20)21)14(19)11-3-1-2-4-12(11)22-15/h1-7H,(H,20,21). The molecule has 3 aromatic rings. The number of carboxylic acids is 1. The average molecular weight is 302 g/mol. The molecule has 0 saturated carbocycles. The number of aromatic carboxylic acids is 1. The highest BCUT2D eigenvalue weighted by atomic mass is 19.1. The van der Waals surface area contributed by atoms with Crippen molar-refractivity contribution < 1.29 is 23.1 Å². The highest BCUT2D eigenvalue weighted by Crippen LogP contribution is 2.27. The topological polar surface area (TPSA) is 67.5 Å². The molecule has 22 heavy (non-hydrogen) atoms. The van der Waals surface area contributed by atoms with Gasteiger partial charge >= 0.3 is 5.97 Å². The van der Waals surface area contributed by atoms with Gasteiger partial charge in [0.1, 0.15) is 17.2 Å². The van der Waals surface area contributed by atoms with E-state index in [2.05, 4.69) is 0 Å². The van der Waals surface area contributed by atoms with Crippen LogP contribution >= 0.6 is 0 Å². The summed E-state index contributed by atoms with van der Waals surface area (Å²) in [5.41, 5.74) is -1.45. The molecule has 0 radical (unpaired) electrons. The van der Waals surface area contributed by atoms with Gasteiger partial charge in [0.2, 0.25) is 5.43 Å². The van der Waals surface area contributed by atoms with Gasteiger partial charge in [-0.3, -0.25) is 4.79 Å². The smallest absolute Gasteiger partial charge is 0.343 e. The largest absolute Gasteiger partial charge is 0.477 e. The Kier molecular flexibility index (Phi) is 3.21. The van der Waals surface area contributed by atoms with E-state index in [0.717, 1.165) is 12.1 Å². The zero-order chi connectivity index (χ0) is 15.9. The van der Waals surface area contributed by atoms with Gasteiger partial charge in [-0.15, -0.1) is 0 Å². The molecule has 0 aliphatic rings. The molecule has 4 nitrogen and oxygen atoms in total. The molecular formula is C16H8F2O4. The number of para-hydroxylation sites is 1. The van der Waals surface area contributed by atoms with Crippen molar-refractivity contribution in [2.24, 2.45) is 0 Å². The summed E-state index contributed by atoms with van der Waals surface area (Å²) in [5, 5.41) is 9.34. The maximum atomic E-state index is 13.4. The molecule has 0 unspecified atom stereocenters. The maximum absolute atomic E-state index is 13.4. The summed E-state index contributed by atoms with van der Waals surface area (Å²) in [6.45, 7) is 0. The molecular weight excluding hydrogens is 294 g/mol. The van der Waals surface area contributed by atoms with E-state index in [1.807, 2.05) is 0 Å². The lowest BCUT2D eigenvalue weighted by molar-refractivity contribution is 0.0694. The minimum atomic E-state index is -1.53. The third kappa shape index (κ3) is 2.24. The number of hydrogen-bond donors (Lipinski definition) is 1. The fraction of sp³-hybridized carbons (Fsp3) is 0. The second-order valence-corrected chi connectivity index (χ2v) is 4.59. The number of benzene rings is 2. The van der Waals surface area contributed by atoms with E-state index in [4.69, 9.17) is 4.42 Å². The van der Waals surface area contributed by atoms with E-state index < -0.39 is 28.6 Å². The maximum Gasteiger partial charge on any atom is 0.343 e. The Morgan fingerprint density at radius 1 is 1.05 bits per heavy atom. The molecule has 2 aromatic carbocycles. The van der Waals surface area contributed by atoms with Crippen LogP contribution in [-0.4, -0.2) is 11.1 Å². The molecule has 0 amide bonds. The molecule has 110 valence electrons. The summed E-state index contributed by atoms with van der Waals surface area (Å²) >= 11 is 0. The first kappa shape index (κ1) is 13.9. The quantitative estimate of drug-likeness (QED) is 0.787. The van der Waals surface area contributed by atoms with E-state index in [0.29, 0.717) is 6.07 Å². The van der Waals surface area contributed by atoms with Crippen molar-refractivity contribution >= 4 is 16.9 Å². The number of fused-ring (bicyclic) bond motifs is 1. The van der Waals surface area contributed by atoms with Gasteiger partial charge in [-0.25, -0.2) is 13.6 Å². The first-order chi connectivity index (χ1) is 10.5. The van der Waals surface area contributed by atoms with Crippen LogP contribution in [0.25, 0.3) is 22.3 Å². The van der Waals surface area contributed by atoms with Crippen molar-refractivity contribution in [2.45, 2.75) is 0 Å². The lowest BCUT2D eigenvalue weighted by atomic mass is 10.0. The summed E-state index contributed by atoms with van der Waals surface area (Å²) in [6.07, 6.45) is 0. The normalized spacial score (nSPS) is 10.8. The Bertz CT molecular complexity index is 940. The Morgan fingerprint density at radius 3 is 2.32 bits per heavy atom. The zero-order valence-electron chi connectivity index (χ0n) is 11.0. The Labute approximate surface area is 122 Å². The molecule has 3 rings (SSSR count). The molecule has 0 aliphatic carbocycles. The van der Waals surface area contributed by atoms with Crippen molar-refractivity contribution in [3.8, 4) is 11.3 Å². The van der Waals surface area contributed by atoms with Gasteiger partial charge in [0.15, 0.2) is 11.3 Å². The van der Waals surface area contributed by atoms with Crippen LogP contribution < -0.4 is 5.43 Å². The lowest BCUT2D eigenvalue weighted by Crippen LogP contribution is -2.16. The van der Waals surface area contributed by atoms with Gasteiger partial charge in [0, 0.05) is 11.6 Å². The summed E-state index contributed by atoms with van der Waals surface area (Å²) in [6, 6.07) is 8.51. The van der Waals surface area contributed by atoms with Crippen molar-refractivity contribution in [1.82, 2.24) is 0 Å². The molecule has 1 heterocycles. The van der Waals surface area contributed by atoms with Crippen LogP contribution in [0.3, 0.4) is 0 Å². The molecule has 0 fully saturated rings. The number of rotatable bonds is 2.